The minimum atomic E-state index is -0.568. The molecule has 2 aromatic heterocycles. The largest absolute Gasteiger partial charge is 0.475 e. The van der Waals surface area contributed by atoms with Crippen LogP contribution in [0.5, 0.6) is 5.88 Å². The number of aromatic nitrogens is 3. The van der Waals surface area contributed by atoms with Gasteiger partial charge in [-0.2, -0.15) is 4.37 Å². The molecule has 0 aliphatic rings. The maximum atomic E-state index is 7.94. The summed E-state index contributed by atoms with van der Waals surface area (Å²) in [7, 11) is 1.96. The van der Waals surface area contributed by atoms with E-state index < -0.39 is 6.58 Å². The molecule has 2 rings (SSSR count). The van der Waals surface area contributed by atoms with Crippen LogP contribution in [0.3, 0.4) is 0 Å². The van der Waals surface area contributed by atoms with Crippen molar-refractivity contribution in [2.75, 3.05) is 6.58 Å². The van der Waals surface area contributed by atoms with E-state index in [0.717, 1.165) is 48.7 Å². The maximum Gasteiger partial charge on any atom is 0.254 e. The molecule has 5 heteroatoms. The van der Waals surface area contributed by atoms with Crippen LogP contribution in [-0.2, 0) is 7.05 Å². The Hall–Kier alpha value is -1.49. The highest BCUT2D eigenvalue weighted by atomic mass is 32.1. The summed E-state index contributed by atoms with van der Waals surface area (Å²) >= 11 is 1.12. The number of rotatable bonds is 7. The first-order valence-corrected chi connectivity index (χ1v) is 7.31. The van der Waals surface area contributed by atoms with Gasteiger partial charge in [-0.1, -0.05) is 26.2 Å². The Bertz CT molecular complexity index is 547. The van der Waals surface area contributed by atoms with Crippen LogP contribution in [-0.4, -0.2) is 15.3 Å². The van der Waals surface area contributed by atoms with Gasteiger partial charge in [0.2, 0.25) is 0 Å². The first kappa shape index (κ1) is 12.5. The topological polar surface area (TPSA) is 38.9 Å². The molecule has 2 aromatic rings. The SMILES string of the molecule is [2H]C(CCCCC)Oc1nsnc1-c1ccc[n+](C)c1. The number of hydrogen-bond acceptors (Lipinski definition) is 4. The molecule has 0 fully saturated rings. The van der Waals surface area contributed by atoms with Gasteiger partial charge in [0.15, 0.2) is 18.1 Å². The van der Waals surface area contributed by atoms with Crippen LogP contribution in [0.2, 0.25) is 0 Å². The molecule has 0 saturated heterocycles. The smallest absolute Gasteiger partial charge is 0.254 e. The van der Waals surface area contributed by atoms with Crippen molar-refractivity contribution >= 4 is 11.7 Å². The Morgan fingerprint density at radius 3 is 3.05 bits per heavy atom. The van der Waals surface area contributed by atoms with E-state index in [1.54, 1.807) is 0 Å². The van der Waals surface area contributed by atoms with Crippen LogP contribution in [0.1, 0.15) is 34.0 Å². The van der Waals surface area contributed by atoms with Crippen LogP contribution in [0.15, 0.2) is 24.5 Å². The Morgan fingerprint density at radius 1 is 1.37 bits per heavy atom. The van der Waals surface area contributed by atoms with Gasteiger partial charge in [-0.05, 0) is 12.5 Å². The van der Waals surface area contributed by atoms with Crippen molar-refractivity contribution in [2.24, 2.45) is 7.05 Å². The second-order valence-electron chi connectivity index (χ2n) is 4.46. The van der Waals surface area contributed by atoms with Gasteiger partial charge in [-0.3, -0.25) is 0 Å². The zero-order valence-corrected chi connectivity index (χ0v) is 12.2. The molecule has 0 radical (unpaired) electrons. The van der Waals surface area contributed by atoms with Crippen LogP contribution in [0, 0.1) is 0 Å². The number of hydrogen-bond donors (Lipinski definition) is 0. The Kier molecular flexibility index (Phi) is 4.74. The minimum Gasteiger partial charge on any atom is -0.475 e. The van der Waals surface area contributed by atoms with Gasteiger partial charge in [0, 0.05) is 6.07 Å². The molecule has 0 aliphatic heterocycles. The van der Waals surface area contributed by atoms with E-state index in [9.17, 15) is 0 Å². The average molecular weight is 279 g/mol. The zero-order valence-electron chi connectivity index (χ0n) is 12.4. The van der Waals surface area contributed by atoms with Gasteiger partial charge in [0.05, 0.1) is 25.2 Å². The number of nitrogens with zero attached hydrogens (tertiary/aromatic N) is 3. The summed E-state index contributed by atoms with van der Waals surface area (Å²) in [5.41, 5.74) is 1.68. The summed E-state index contributed by atoms with van der Waals surface area (Å²) in [4.78, 5) is 0. The van der Waals surface area contributed by atoms with Crippen molar-refractivity contribution in [1.29, 1.82) is 0 Å². The fourth-order valence-electron chi connectivity index (χ4n) is 1.78. The summed E-state index contributed by atoms with van der Waals surface area (Å²) in [5.74, 6) is 0.470. The predicted octanol–water partition coefficient (Wildman–Crippen LogP) is 2.99. The van der Waals surface area contributed by atoms with Crippen LogP contribution < -0.4 is 9.30 Å². The van der Waals surface area contributed by atoms with E-state index in [2.05, 4.69) is 15.7 Å². The molecular weight excluding hydrogens is 258 g/mol. The summed E-state index contributed by atoms with van der Waals surface area (Å²) < 4.78 is 24.0. The molecule has 102 valence electrons. The van der Waals surface area contributed by atoms with Gasteiger partial charge in [-0.25, -0.2) is 4.57 Å². The van der Waals surface area contributed by atoms with E-state index in [1.165, 1.54) is 0 Å². The third kappa shape index (κ3) is 3.99. The lowest BCUT2D eigenvalue weighted by Gasteiger charge is -2.04. The second kappa shape index (κ2) is 7.19. The molecular formula is C14H20N3OS+. The van der Waals surface area contributed by atoms with Crippen molar-refractivity contribution in [3.05, 3.63) is 24.5 Å². The molecule has 19 heavy (non-hydrogen) atoms. The molecule has 2 heterocycles. The normalized spacial score (nSPS) is 13.1. The molecule has 0 bridgehead atoms. The Morgan fingerprint density at radius 2 is 2.26 bits per heavy atom. The van der Waals surface area contributed by atoms with E-state index in [-0.39, 0.29) is 0 Å². The van der Waals surface area contributed by atoms with E-state index in [0.29, 0.717) is 5.88 Å². The highest BCUT2D eigenvalue weighted by Crippen LogP contribution is 2.26. The van der Waals surface area contributed by atoms with Crippen molar-refractivity contribution in [3.63, 3.8) is 0 Å². The Balaban J connectivity index is 2.05. The number of ether oxygens (including phenoxy) is 1. The summed E-state index contributed by atoms with van der Waals surface area (Å²) in [6.07, 6.45) is 7.96. The predicted molar refractivity (Wildman–Crippen MR) is 76.2 cm³/mol. The van der Waals surface area contributed by atoms with E-state index in [1.807, 2.05) is 36.1 Å². The third-order valence-corrected chi connectivity index (χ3v) is 3.30. The summed E-state index contributed by atoms with van der Waals surface area (Å²) in [6, 6.07) is 3.93. The van der Waals surface area contributed by atoms with Gasteiger partial charge < -0.3 is 4.74 Å². The minimum absolute atomic E-state index is 0.470. The van der Waals surface area contributed by atoms with Gasteiger partial charge >= 0.3 is 0 Å². The highest BCUT2D eigenvalue weighted by molar-refractivity contribution is 6.99. The lowest BCUT2D eigenvalue weighted by Crippen LogP contribution is -2.26. The fourth-order valence-corrected chi connectivity index (χ4v) is 2.29. The molecule has 0 saturated carbocycles. The van der Waals surface area contributed by atoms with Gasteiger partial charge in [0.1, 0.15) is 7.05 Å². The molecule has 0 N–H and O–H groups in total. The summed E-state index contributed by atoms with van der Waals surface area (Å²) in [5, 5.41) is 0. The fraction of sp³-hybridized carbons (Fsp3) is 0.500. The lowest BCUT2D eigenvalue weighted by molar-refractivity contribution is -0.671. The van der Waals surface area contributed by atoms with Crippen LogP contribution in [0.4, 0.5) is 0 Å². The van der Waals surface area contributed by atoms with Crippen molar-refractivity contribution < 1.29 is 10.7 Å². The number of unbranched alkanes of at least 4 members (excludes halogenated alkanes) is 2. The Labute approximate surface area is 119 Å². The molecule has 0 aromatic carbocycles. The van der Waals surface area contributed by atoms with Gasteiger partial charge in [0.25, 0.3) is 5.88 Å². The van der Waals surface area contributed by atoms with E-state index >= 15 is 0 Å². The first-order valence-electron chi connectivity index (χ1n) is 7.15. The second-order valence-corrected chi connectivity index (χ2v) is 4.98. The molecule has 0 aliphatic carbocycles. The molecule has 4 nitrogen and oxygen atoms in total. The average Bonchev–Trinajstić information content (AvgIpc) is 2.87. The van der Waals surface area contributed by atoms with Crippen molar-refractivity contribution in [2.45, 2.75) is 32.6 Å². The monoisotopic (exact) mass is 279 g/mol. The van der Waals surface area contributed by atoms with Crippen molar-refractivity contribution in [1.82, 2.24) is 8.75 Å². The zero-order chi connectivity index (χ0) is 14.4. The maximum absolute atomic E-state index is 7.94. The van der Waals surface area contributed by atoms with Gasteiger partial charge in [-0.15, -0.1) is 4.37 Å². The lowest BCUT2D eigenvalue weighted by atomic mass is 10.2. The molecule has 1 unspecified atom stereocenters. The number of aryl methyl sites for hydroxylation is 1. The van der Waals surface area contributed by atoms with Crippen LogP contribution in [0.25, 0.3) is 11.3 Å². The van der Waals surface area contributed by atoms with Crippen LogP contribution >= 0.6 is 11.7 Å². The van der Waals surface area contributed by atoms with Crippen molar-refractivity contribution in [3.8, 4) is 17.1 Å². The standard InChI is InChI=1S/C14H20N3OS/c1-3-4-5-6-10-18-14-13(15-19-16-14)12-8-7-9-17(2)11-12/h7-9,11H,3-6,10H2,1-2H3/q+1/i10D. The molecule has 1 atom stereocenters. The molecule has 0 spiro atoms. The quantitative estimate of drug-likeness (QED) is 0.578. The third-order valence-electron chi connectivity index (χ3n) is 2.79. The highest BCUT2D eigenvalue weighted by Gasteiger charge is 2.14. The summed E-state index contributed by atoms with van der Waals surface area (Å²) in [6.45, 7) is 1.58. The van der Waals surface area contributed by atoms with E-state index in [4.69, 9.17) is 6.11 Å². The number of pyridine rings is 1. The molecule has 0 amide bonds. The first-order chi connectivity index (χ1) is 9.70.